The van der Waals surface area contributed by atoms with Gasteiger partial charge < -0.3 is 19.5 Å². The first kappa shape index (κ1) is 36.4. The van der Waals surface area contributed by atoms with Crippen LogP contribution in [0.1, 0.15) is 109 Å². The van der Waals surface area contributed by atoms with Gasteiger partial charge in [-0.15, -0.1) is 0 Å². The quantitative estimate of drug-likeness (QED) is 0.216. The molecule has 10 nitrogen and oxygen atoms in total. The molecule has 10 heteroatoms. The molecular formula is C42H57N5O5. The van der Waals surface area contributed by atoms with E-state index in [1.165, 1.54) is 16.0 Å². The molecule has 2 bridgehead atoms. The predicted octanol–water partition coefficient (Wildman–Crippen LogP) is 7.79. The van der Waals surface area contributed by atoms with Crippen molar-refractivity contribution in [1.82, 2.24) is 19.7 Å². The minimum atomic E-state index is -0.459. The fourth-order valence-corrected chi connectivity index (χ4v) is 9.31. The Morgan fingerprint density at radius 2 is 1.67 bits per heavy atom. The second-order valence-electron chi connectivity index (χ2n) is 16.6. The maximum Gasteiger partial charge on any atom is 0.410 e. The number of pyridine rings is 1. The van der Waals surface area contributed by atoms with Crippen molar-refractivity contribution in [1.29, 1.82) is 0 Å². The highest BCUT2D eigenvalue weighted by molar-refractivity contribution is 5.95. The Kier molecular flexibility index (Phi) is 10.1. The normalized spacial score (nSPS) is 26.2. The van der Waals surface area contributed by atoms with Gasteiger partial charge in [-0.1, -0.05) is 26.0 Å². The average Bonchev–Trinajstić information content (AvgIpc) is 3.68. The van der Waals surface area contributed by atoms with Gasteiger partial charge in [0.15, 0.2) is 0 Å². The maximum atomic E-state index is 14.7. The van der Waals surface area contributed by atoms with Gasteiger partial charge in [-0.25, -0.2) is 9.78 Å². The highest BCUT2D eigenvalue weighted by Crippen LogP contribution is 2.58. The fraction of sp³-hybridized carbons (Fsp3) is 0.619. The summed E-state index contributed by atoms with van der Waals surface area (Å²) in [5, 5.41) is 14.4. The van der Waals surface area contributed by atoms with Gasteiger partial charge in [0.25, 0.3) is 0 Å². The SMILES string of the molecule is CCC(C)(CC)n1cc(-c2ccnc(N(CC34CCC(c5ccc(OC)c(C)c5)(CC3)CC4)C(=O)C3CCC(OC(=O)N4CC(O)C4)CC3)c2)cn1. The van der Waals surface area contributed by atoms with Crippen LogP contribution < -0.4 is 9.64 Å². The van der Waals surface area contributed by atoms with Crippen molar-refractivity contribution in [2.45, 2.75) is 128 Å². The van der Waals surface area contributed by atoms with Crippen molar-refractivity contribution in [2.75, 3.05) is 31.6 Å². The largest absolute Gasteiger partial charge is 0.496 e. The number of anilines is 1. The summed E-state index contributed by atoms with van der Waals surface area (Å²) in [5.41, 5.74) is 4.81. The number of aliphatic hydroxyl groups excluding tert-OH is 1. The molecule has 5 fully saturated rings. The number of β-amino-alcohol motifs (C(OH)–C–C–N with tert-alkyl or cyclic N) is 1. The second-order valence-corrected chi connectivity index (χ2v) is 16.6. The van der Waals surface area contributed by atoms with Gasteiger partial charge in [-0.05, 0) is 137 Å². The highest BCUT2D eigenvalue weighted by Gasteiger charge is 2.51. The van der Waals surface area contributed by atoms with Crippen LogP contribution >= 0.6 is 0 Å². The van der Waals surface area contributed by atoms with Crippen LogP contribution in [0.25, 0.3) is 11.1 Å². The Balaban J connectivity index is 1.11. The summed E-state index contributed by atoms with van der Waals surface area (Å²) in [6.45, 7) is 10.1. The number of hydrogen-bond donors (Lipinski definition) is 1. The molecule has 52 heavy (non-hydrogen) atoms. The lowest BCUT2D eigenvalue weighted by Crippen LogP contribution is -2.54. The lowest BCUT2D eigenvalue weighted by atomic mass is 9.51. The lowest BCUT2D eigenvalue weighted by Gasteiger charge is -2.55. The number of carbonyl (C=O) groups is 2. The standard InChI is InChI=1S/C42H57N5O5/c1-6-40(4,7-2)47-25-32(24-44-47)31-14-21-43-37(23-31)46(38(49)30-8-11-35(12-9-30)52-39(50)45-26-34(48)27-45)28-41-15-18-42(19-16-41,20-17-41)33-10-13-36(51-5)29(3)22-33/h10,13-14,21-25,30,34-35,48H,6-9,11-12,15-20,26-28H2,1-5H3. The zero-order valence-electron chi connectivity index (χ0n) is 31.8. The van der Waals surface area contributed by atoms with E-state index >= 15 is 0 Å². The molecule has 4 aliphatic carbocycles. The molecule has 0 atom stereocenters. The van der Waals surface area contributed by atoms with Crippen molar-refractivity contribution in [3.05, 3.63) is 60.0 Å². The van der Waals surface area contributed by atoms with E-state index in [-0.39, 0.29) is 40.4 Å². The van der Waals surface area contributed by atoms with Gasteiger partial charge >= 0.3 is 6.09 Å². The van der Waals surface area contributed by atoms with E-state index in [2.05, 4.69) is 62.8 Å². The minimum Gasteiger partial charge on any atom is -0.496 e. The molecule has 8 rings (SSSR count). The first-order valence-electron chi connectivity index (χ1n) is 19.6. The number of carbonyl (C=O) groups excluding carboxylic acids is 2. The van der Waals surface area contributed by atoms with Gasteiger partial charge in [0, 0.05) is 30.4 Å². The third-order valence-electron chi connectivity index (χ3n) is 13.6. The molecule has 5 aliphatic rings. The Morgan fingerprint density at radius 3 is 2.29 bits per heavy atom. The summed E-state index contributed by atoms with van der Waals surface area (Å²) in [4.78, 5) is 35.7. The molecule has 3 heterocycles. The van der Waals surface area contributed by atoms with Gasteiger partial charge in [0.1, 0.15) is 17.7 Å². The molecule has 3 aromatic rings. The molecule has 1 aliphatic heterocycles. The summed E-state index contributed by atoms with van der Waals surface area (Å²) in [6.07, 6.45) is 16.1. The molecule has 0 radical (unpaired) electrons. The summed E-state index contributed by atoms with van der Waals surface area (Å²) < 4.78 is 13.4. The number of amides is 2. The van der Waals surface area contributed by atoms with E-state index in [1.54, 1.807) is 7.11 Å². The molecule has 1 saturated heterocycles. The third kappa shape index (κ3) is 6.95. The molecule has 1 N–H and O–H groups in total. The van der Waals surface area contributed by atoms with E-state index < -0.39 is 6.10 Å². The van der Waals surface area contributed by atoms with Gasteiger partial charge in [-0.2, -0.15) is 5.10 Å². The van der Waals surface area contributed by atoms with Crippen LogP contribution in [-0.2, 0) is 20.5 Å². The maximum absolute atomic E-state index is 14.7. The fourth-order valence-electron chi connectivity index (χ4n) is 9.31. The zero-order valence-corrected chi connectivity index (χ0v) is 31.8. The van der Waals surface area contributed by atoms with E-state index in [9.17, 15) is 14.7 Å². The molecule has 2 amide bonds. The first-order valence-corrected chi connectivity index (χ1v) is 19.6. The van der Waals surface area contributed by atoms with Crippen molar-refractivity contribution >= 4 is 17.8 Å². The Morgan fingerprint density at radius 1 is 0.981 bits per heavy atom. The number of aliphatic hydroxyl groups is 1. The van der Waals surface area contributed by atoms with Crippen LogP contribution in [0.5, 0.6) is 5.75 Å². The highest BCUT2D eigenvalue weighted by atomic mass is 16.6. The first-order chi connectivity index (χ1) is 25.0. The predicted molar refractivity (Wildman–Crippen MR) is 201 cm³/mol. The zero-order chi connectivity index (χ0) is 36.7. The van der Waals surface area contributed by atoms with E-state index in [1.807, 2.05) is 23.4 Å². The van der Waals surface area contributed by atoms with Crippen LogP contribution in [0, 0.1) is 18.3 Å². The van der Waals surface area contributed by atoms with Crippen LogP contribution in [0.3, 0.4) is 0 Å². The summed E-state index contributed by atoms with van der Waals surface area (Å²) in [6, 6.07) is 10.8. The van der Waals surface area contributed by atoms with Crippen molar-refractivity contribution in [3.8, 4) is 16.9 Å². The second kappa shape index (κ2) is 14.5. The van der Waals surface area contributed by atoms with Crippen LogP contribution in [0.2, 0.25) is 0 Å². The summed E-state index contributed by atoms with van der Waals surface area (Å²) in [7, 11) is 1.73. The van der Waals surface area contributed by atoms with Crippen LogP contribution in [0.15, 0.2) is 48.9 Å². The minimum absolute atomic E-state index is 0.0417. The smallest absolute Gasteiger partial charge is 0.410 e. The Labute approximate surface area is 308 Å². The molecular weight excluding hydrogens is 654 g/mol. The summed E-state index contributed by atoms with van der Waals surface area (Å²) in [5.74, 6) is 1.61. The van der Waals surface area contributed by atoms with Crippen molar-refractivity contribution in [3.63, 3.8) is 0 Å². The molecule has 2 aromatic heterocycles. The van der Waals surface area contributed by atoms with E-state index in [0.29, 0.717) is 51.1 Å². The number of nitrogens with zero attached hydrogens (tertiary/aromatic N) is 5. The monoisotopic (exact) mass is 711 g/mol. The van der Waals surface area contributed by atoms with Gasteiger partial charge in [0.05, 0.1) is 38.0 Å². The molecule has 1 aromatic carbocycles. The number of rotatable bonds is 11. The molecule has 280 valence electrons. The number of ether oxygens (including phenoxy) is 2. The topological polar surface area (TPSA) is 110 Å². The average molecular weight is 712 g/mol. The number of methoxy groups -OCH3 is 1. The lowest BCUT2D eigenvalue weighted by molar-refractivity contribution is -0.124. The molecule has 0 spiro atoms. The number of aryl methyl sites for hydroxylation is 1. The van der Waals surface area contributed by atoms with Gasteiger partial charge in [-0.3, -0.25) is 14.4 Å². The third-order valence-corrected chi connectivity index (χ3v) is 13.6. The number of likely N-dealkylation sites (tertiary alicyclic amines) is 1. The van der Waals surface area contributed by atoms with Gasteiger partial charge in [0.2, 0.25) is 5.91 Å². The number of benzene rings is 1. The summed E-state index contributed by atoms with van der Waals surface area (Å²) >= 11 is 0. The number of aromatic nitrogens is 3. The number of hydrogen-bond acceptors (Lipinski definition) is 7. The van der Waals surface area contributed by atoms with E-state index in [0.717, 1.165) is 68.2 Å². The van der Waals surface area contributed by atoms with Crippen molar-refractivity contribution < 1.29 is 24.2 Å². The molecule has 4 saturated carbocycles. The molecule has 0 unspecified atom stereocenters. The Hall–Kier alpha value is -3.92. The Bertz CT molecular complexity index is 1730. The number of fused-ring (bicyclic) bond motifs is 3. The van der Waals surface area contributed by atoms with E-state index in [4.69, 9.17) is 19.6 Å². The van der Waals surface area contributed by atoms with Crippen LogP contribution in [-0.4, -0.2) is 75.7 Å². The van der Waals surface area contributed by atoms with Crippen molar-refractivity contribution in [2.24, 2.45) is 11.3 Å². The van der Waals surface area contributed by atoms with Crippen LogP contribution in [0.4, 0.5) is 10.6 Å².